The molecule has 0 fully saturated rings. The highest BCUT2D eigenvalue weighted by atomic mass is 35.5. The van der Waals surface area contributed by atoms with Gasteiger partial charge < -0.3 is 16.2 Å². The number of benzene rings is 1. The predicted octanol–water partition coefficient (Wildman–Crippen LogP) is 2.61. The number of amides is 1. The Labute approximate surface area is 135 Å². The maximum Gasteiger partial charge on any atom is 0.241 e. The van der Waals surface area contributed by atoms with Gasteiger partial charge in [0.2, 0.25) is 5.91 Å². The number of aliphatic hydroxyl groups is 1. The van der Waals surface area contributed by atoms with Crippen LogP contribution in [-0.2, 0) is 4.79 Å². The molecule has 1 atom stereocenters. The lowest BCUT2D eigenvalue weighted by molar-refractivity contribution is -0.121. The van der Waals surface area contributed by atoms with Gasteiger partial charge in [0.05, 0.1) is 28.0 Å². The molecule has 4 N–H and O–H groups in total. The number of nitrogens with two attached hydrogens (primary N) is 1. The largest absolute Gasteiger partial charge is 0.397 e. The van der Waals surface area contributed by atoms with E-state index in [1.807, 2.05) is 0 Å². The van der Waals surface area contributed by atoms with Crippen molar-refractivity contribution in [1.82, 2.24) is 4.90 Å². The lowest BCUT2D eigenvalue weighted by Gasteiger charge is -2.29. The van der Waals surface area contributed by atoms with E-state index in [0.29, 0.717) is 22.9 Å². The molecule has 0 radical (unpaired) electrons. The summed E-state index contributed by atoms with van der Waals surface area (Å²) in [4.78, 5) is 14.0. The Morgan fingerprint density at radius 1 is 1.48 bits per heavy atom. The third-order valence-corrected chi connectivity index (χ3v) is 3.53. The van der Waals surface area contributed by atoms with Crippen molar-refractivity contribution in [2.45, 2.75) is 32.4 Å². The molecule has 1 rings (SSSR count). The van der Waals surface area contributed by atoms with Gasteiger partial charge in [0.25, 0.3) is 0 Å². The van der Waals surface area contributed by atoms with Crippen molar-refractivity contribution in [3.63, 3.8) is 0 Å². The summed E-state index contributed by atoms with van der Waals surface area (Å²) in [5.41, 5.74) is 5.57. The Morgan fingerprint density at radius 3 is 2.52 bits per heavy atom. The van der Waals surface area contributed by atoms with Gasteiger partial charge in [-0.2, -0.15) is 0 Å². The lowest BCUT2D eigenvalue weighted by Crippen LogP contribution is -2.46. The van der Waals surface area contributed by atoms with Crippen molar-refractivity contribution in [2.75, 3.05) is 24.6 Å². The van der Waals surface area contributed by atoms with Gasteiger partial charge in [-0.3, -0.25) is 9.69 Å². The minimum Gasteiger partial charge on any atom is -0.397 e. The van der Waals surface area contributed by atoms with Crippen molar-refractivity contribution in [3.8, 4) is 0 Å². The van der Waals surface area contributed by atoms with Crippen LogP contribution in [0.25, 0.3) is 0 Å². The zero-order valence-corrected chi connectivity index (χ0v) is 14.1. The molecule has 1 amide bonds. The van der Waals surface area contributed by atoms with Crippen molar-refractivity contribution in [3.05, 3.63) is 22.2 Å². The van der Waals surface area contributed by atoms with Crippen LogP contribution < -0.4 is 11.1 Å². The van der Waals surface area contributed by atoms with E-state index in [1.165, 1.54) is 12.1 Å². The first-order chi connectivity index (χ1) is 9.51. The number of carbonyl (C=O) groups is 1. The number of hydrogen-bond donors (Lipinski definition) is 3. The van der Waals surface area contributed by atoms with Gasteiger partial charge in [-0.15, -0.1) is 0 Å². The molecule has 0 bridgehead atoms. The number of nitrogen functional groups attached to an aromatic ring is 1. The topological polar surface area (TPSA) is 78.6 Å². The van der Waals surface area contributed by atoms with E-state index >= 15 is 0 Å². The summed E-state index contributed by atoms with van der Waals surface area (Å²) in [6.45, 7) is 5.46. The summed E-state index contributed by atoms with van der Waals surface area (Å²) >= 11 is 11.9. The molecule has 0 aliphatic rings. The maximum absolute atomic E-state index is 12.2. The first-order valence-electron chi connectivity index (χ1n) is 6.49. The number of nitrogens with zero attached hydrogens (tertiary/aromatic N) is 1. The van der Waals surface area contributed by atoms with Crippen LogP contribution in [0.4, 0.5) is 11.4 Å². The maximum atomic E-state index is 12.2. The van der Waals surface area contributed by atoms with Crippen LogP contribution in [0.15, 0.2) is 12.1 Å². The highest BCUT2D eigenvalue weighted by Crippen LogP contribution is 2.32. The molecule has 7 heteroatoms. The molecule has 0 spiro atoms. The number of rotatable bonds is 5. The van der Waals surface area contributed by atoms with Gasteiger partial charge >= 0.3 is 0 Å². The number of halogens is 2. The van der Waals surface area contributed by atoms with Gasteiger partial charge in [0.1, 0.15) is 0 Å². The van der Waals surface area contributed by atoms with Gasteiger partial charge in [0.15, 0.2) is 0 Å². The molecule has 21 heavy (non-hydrogen) atoms. The van der Waals surface area contributed by atoms with Crippen LogP contribution in [0, 0.1) is 0 Å². The van der Waals surface area contributed by atoms with E-state index < -0.39 is 11.6 Å². The van der Waals surface area contributed by atoms with Gasteiger partial charge in [-0.25, -0.2) is 0 Å². The summed E-state index contributed by atoms with van der Waals surface area (Å²) in [5.74, 6) is -0.266. The second-order valence-corrected chi connectivity index (χ2v) is 6.59. The normalized spacial score (nSPS) is 13.3. The van der Waals surface area contributed by atoms with E-state index in [9.17, 15) is 9.90 Å². The minimum atomic E-state index is -0.889. The monoisotopic (exact) mass is 333 g/mol. The number of nitrogens with one attached hydrogen (secondary N) is 1. The average Bonchev–Trinajstić information content (AvgIpc) is 2.30. The molecule has 1 aromatic rings. The highest BCUT2D eigenvalue weighted by Gasteiger charge is 2.24. The molecular weight excluding hydrogens is 313 g/mol. The third kappa shape index (κ3) is 5.36. The van der Waals surface area contributed by atoms with Crippen LogP contribution >= 0.6 is 23.2 Å². The van der Waals surface area contributed by atoms with E-state index in [0.717, 1.165) is 0 Å². The molecule has 0 saturated heterocycles. The smallest absolute Gasteiger partial charge is 0.241 e. The molecule has 0 heterocycles. The zero-order valence-electron chi connectivity index (χ0n) is 12.6. The molecule has 1 unspecified atom stereocenters. The fraction of sp³-hybridized carbons (Fsp3) is 0.500. The van der Waals surface area contributed by atoms with Crippen LogP contribution in [-0.4, -0.2) is 41.1 Å². The molecule has 118 valence electrons. The second kappa shape index (κ2) is 6.83. The first kappa shape index (κ1) is 18.0. The first-order valence-corrected chi connectivity index (χ1v) is 7.25. The second-order valence-electron chi connectivity index (χ2n) is 5.74. The summed E-state index contributed by atoms with van der Waals surface area (Å²) in [6, 6.07) is 2.58. The average molecular weight is 334 g/mol. The van der Waals surface area contributed by atoms with E-state index in [1.54, 1.807) is 32.7 Å². The van der Waals surface area contributed by atoms with Crippen LogP contribution in [0.1, 0.15) is 20.8 Å². The van der Waals surface area contributed by atoms with E-state index in [2.05, 4.69) is 5.32 Å². The molecular formula is C14H21Cl2N3O2. The Balaban J connectivity index is 2.82. The Bertz CT molecular complexity index is 506. The zero-order chi connectivity index (χ0) is 16.4. The van der Waals surface area contributed by atoms with Crippen LogP contribution in [0.2, 0.25) is 10.0 Å². The summed E-state index contributed by atoms with van der Waals surface area (Å²) < 4.78 is 0. The fourth-order valence-corrected chi connectivity index (χ4v) is 2.46. The summed E-state index contributed by atoms with van der Waals surface area (Å²) in [7, 11) is 1.76. The van der Waals surface area contributed by atoms with Crippen molar-refractivity contribution in [1.29, 1.82) is 0 Å². The predicted molar refractivity (Wildman–Crippen MR) is 87.9 cm³/mol. The lowest BCUT2D eigenvalue weighted by atomic mass is 10.1. The van der Waals surface area contributed by atoms with Crippen LogP contribution in [0.3, 0.4) is 0 Å². The van der Waals surface area contributed by atoms with Gasteiger partial charge in [0, 0.05) is 11.6 Å². The highest BCUT2D eigenvalue weighted by molar-refractivity contribution is 6.37. The number of anilines is 2. The third-order valence-electron chi connectivity index (χ3n) is 3.01. The van der Waals surface area contributed by atoms with Gasteiger partial charge in [-0.05, 0) is 40.0 Å². The Morgan fingerprint density at radius 2 is 2.05 bits per heavy atom. The quantitative estimate of drug-likeness (QED) is 0.723. The van der Waals surface area contributed by atoms with Crippen molar-refractivity contribution < 1.29 is 9.90 Å². The minimum absolute atomic E-state index is 0.266. The van der Waals surface area contributed by atoms with Crippen LogP contribution in [0.5, 0.6) is 0 Å². The number of likely N-dealkylation sites (N-methyl/N-ethyl adjacent to an activating group) is 1. The van der Waals surface area contributed by atoms with E-state index in [-0.39, 0.29) is 10.9 Å². The fourth-order valence-electron chi connectivity index (χ4n) is 1.90. The van der Waals surface area contributed by atoms with E-state index in [4.69, 9.17) is 28.9 Å². The Kier molecular flexibility index (Phi) is 5.87. The molecule has 0 saturated carbocycles. The molecule has 0 aliphatic heterocycles. The standard InChI is InChI=1S/C14H21Cl2N3O2/c1-8(19(4)7-14(2,3)21)13(20)18-12-10(16)5-9(15)6-11(12)17/h5-6,8,21H,7,17H2,1-4H3,(H,18,20). The van der Waals surface area contributed by atoms with Gasteiger partial charge in [-0.1, -0.05) is 23.2 Å². The molecule has 0 aromatic heterocycles. The molecule has 5 nitrogen and oxygen atoms in total. The SMILES string of the molecule is CC(C(=O)Nc1c(N)cc(Cl)cc1Cl)N(C)CC(C)(C)O. The number of carbonyl (C=O) groups excluding carboxylic acids is 1. The summed E-state index contributed by atoms with van der Waals surface area (Å²) in [6.07, 6.45) is 0. The molecule has 0 aliphatic carbocycles. The summed E-state index contributed by atoms with van der Waals surface area (Å²) in [5, 5.41) is 13.2. The number of hydrogen-bond acceptors (Lipinski definition) is 4. The molecule has 1 aromatic carbocycles. The van der Waals surface area contributed by atoms with Crippen molar-refractivity contribution in [2.24, 2.45) is 0 Å². The van der Waals surface area contributed by atoms with Crippen molar-refractivity contribution >= 4 is 40.5 Å². The Hall–Kier alpha value is -1.01.